The number of nitrogens with zero attached hydrogens (tertiary/aromatic N) is 3. The maximum atomic E-state index is 9.70. The van der Waals surface area contributed by atoms with Crippen LogP contribution < -0.4 is 10.1 Å². The third-order valence-corrected chi connectivity index (χ3v) is 5.73. The number of nitrogens with one attached hydrogen (secondary N) is 2. The van der Waals surface area contributed by atoms with Crippen LogP contribution >= 0.6 is 0 Å². The normalized spacial score (nSPS) is 15.2. The molecule has 32 heavy (non-hydrogen) atoms. The number of ether oxygens (including phenoxy) is 1. The molecule has 0 spiro atoms. The lowest BCUT2D eigenvalue weighted by Crippen LogP contribution is -2.35. The molecule has 3 N–H and O–H groups in total. The first-order valence-electron chi connectivity index (χ1n) is 11.0. The molecule has 0 unspecified atom stereocenters. The number of aromatic amines is 1. The van der Waals surface area contributed by atoms with Gasteiger partial charge in [0, 0.05) is 54.2 Å². The summed E-state index contributed by atoms with van der Waals surface area (Å²) in [7, 11) is 0. The van der Waals surface area contributed by atoms with Crippen molar-refractivity contribution in [3.8, 4) is 11.6 Å². The van der Waals surface area contributed by atoms with Gasteiger partial charge in [0.25, 0.3) is 0 Å². The zero-order valence-corrected chi connectivity index (χ0v) is 18.1. The Balaban J connectivity index is 1.26. The van der Waals surface area contributed by atoms with Gasteiger partial charge in [-0.05, 0) is 61.7 Å². The molecule has 5 rings (SSSR count). The number of H-pyrrole nitrogens is 1. The Morgan fingerprint density at radius 3 is 2.88 bits per heavy atom. The molecule has 2 aromatic heterocycles. The quantitative estimate of drug-likeness (QED) is 0.410. The largest absolute Gasteiger partial charge is 0.439 e. The lowest BCUT2D eigenvalue weighted by molar-refractivity contribution is 0.0792. The fourth-order valence-electron chi connectivity index (χ4n) is 4.11. The van der Waals surface area contributed by atoms with E-state index in [-0.39, 0.29) is 6.10 Å². The van der Waals surface area contributed by atoms with E-state index in [2.05, 4.69) is 43.4 Å². The van der Waals surface area contributed by atoms with Gasteiger partial charge in [-0.15, -0.1) is 0 Å². The number of aliphatic hydroxyl groups is 1. The molecule has 7 heteroatoms. The molecule has 1 aliphatic heterocycles. The number of aliphatic hydroxyl groups excluding tert-OH is 1. The number of benzene rings is 2. The van der Waals surface area contributed by atoms with Gasteiger partial charge in [0.1, 0.15) is 5.75 Å². The molecule has 0 saturated carbocycles. The van der Waals surface area contributed by atoms with Gasteiger partial charge >= 0.3 is 0 Å². The Kier molecular flexibility index (Phi) is 5.75. The number of aryl methyl sites for hydroxylation is 1. The number of hydrogen-bond acceptors (Lipinski definition) is 6. The van der Waals surface area contributed by atoms with Crippen molar-refractivity contribution in [1.82, 2.24) is 19.9 Å². The Labute approximate surface area is 187 Å². The molecular weight excluding hydrogens is 402 g/mol. The van der Waals surface area contributed by atoms with E-state index in [1.807, 2.05) is 37.3 Å². The van der Waals surface area contributed by atoms with Crippen LogP contribution in [-0.4, -0.2) is 44.2 Å². The average Bonchev–Trinajstić information content (AvgIpc) is 3.15. The second-order valence-corrected chi connectivity index (χ2v) is 8.35. The van der Waals surface area contributed by atoms with E-state index in [1.54, 1.807) is 12.3 Å². The highest BCUT2D eigenvalue weighted by atomic mass is 16.5. The minimum absolute atomic E-state index is 0.153. The van der Waals surface area contributed by atoms with Crippen LogP contribution in [0.5, 0.6) is 11.6 Å². The minimum Gasteiger partial charge on any atom is -0.439 e. The van der Waals surface area contributed by atoms with Crippen LogP contribution in [-0.2, 0) is 6.54 Å². The lowest BCUT2D eigenvalue weighted by Gasteiger charge is -2.29. The Morgan fingerprint density at radius 2 is 2.00 bits per heavy atom. The second kappa shape index (κ2) is 8.98. The van der Waals surface area contributed by atoms with Crippen LogP contribution in [0.25, 0.3) is 10.9 Å². The molecule has 1 aliphatic rings. The topological polar surface area (TPSA) is 86.3 Å². The van der Waals surface area contributed by atoms with E-state index < -0.39 is 0 Å². The van der Waals surface area contributed by atoms with Crippen molar-refractivity contribution >= 4 is 22.5 Å². The Morgan fingerprint density at radius 1 is 1.12 bits per heavy atom. The number of rotatable bonds is 6. The highest BCUT2D eigenvalue weighted by molar-refractivity contribution is 5.81. The first-order chi connectivity index (χ1) is 15.6. The molecule has 3 heterocycles. The van der Waals surface area contributed by atoms with E-state index in [0.29, 0.717) is 11.8 Å². The molecule has 2 aromatic carbocycles. The molecule has 0 amide bonds. The molecule has 7 nitrogen and oxygen atoms in total. The third kappa shape index (κ3) is 4.90. The predicted octanol–water partition coefficient (Wildman–Crippen LogP) is 4.76. The molecular formula is C25H27N5O2. The lowest BCUT2D eigenvalue weighted by atomic mass is 10.1. The van der Waals surface area contributed by atoms with Gasteiger partial charge in [-0.25, -0.2) is 4.98 Å². The van der Waals surface area contributed by atoms with Gasteiger partial charge in [-0.1, -0.05) is 12.1 Å². The third-order valence-electron chi connectivity index (χ3n) is 5.73. The van der Waals surface area contributed by atoms with Crippen molar-refractivity contribution in [2.75, 3.05) is 18.4 Å². The Bertz CT molecular complexity index is 1210. The van der Waals surface area contributed by atoms with Crippen LogP contribution in [0.3, 0.4) is 0 Å². The van der Waals surface area contributed by atoms with Gasteiger partial charge in [-0.2, -0.15) is 4.98 Å². The van der Waals surface area contributed by atoms with Gasteiger partial charge in [0.15, 0.2) is 0 Å². The van der Waals surface area contributed by atoms with Gasteiger partial charge in [0.2, 0.25) is 11.8 Å². The van der Waals surface area contributed by atoms with Crippen LogP contribution in [0.2, 0.25) is 0 Å². The minimum atomic E-state index is -0.153. The fourth-order valence-corrected chi connectivity index (χ4v) is 4.11. The molecule has 1 fully saturated rings. The number of likely N-dealkylation sites (tertiary alicyclic amines) is 1. The molecule has 1 saturated heterocycles. The van der Waals surface area contributed by atoms with Gasteiger partial charge in [0.05, 0.1) is 6.10 Å². The monoisotopic (exact) mass is 429 g/mol. The average molecular weight is 430 g/mol. The van der Waals surface area contributed by atoms with Crippen molar-refractivity contribution in [2.45, 2.75) is 32.4 Å². The van der Waals surface area contributed by atoms with Gasteiger partial charge < -0.3 is 20.1 Å². The zero-order chi connectivity index (χ0) is 21.9. The fraction of sp³-hybridized carbons (Fsp3) is 0.280. The van der Waals surface area contributed by atoms with Crippen molar-refractivity contribution in [3.05, 3.63) is 72.1 Å². The zero-order valence-electron chi connectivity index (χ0n) is 18.1. The van der Waals surface area contributed by atoms with Crippen LogP contribution in [0.4, 0.5) is 11.6 Å². The van der Waals surface area contributed by atoms with E-state index in [9.17, 15) is 5.11 Å². The van der Waals surface area contributed by atoms with E-state index in [0.717, 1.165) is 60.5 Å². The van der Waals surface area contributed by atoms with Crippen molar-refractivity contribution < 1.29 is 9.84 Å². The summed E-state index contributed by atoms with van der Waals surface area (Å²) in [6.45, 7) is 4.76. The Hall–Kier alpha value is -3.42. The highest BCUT2D eigenvalue weighted by Crippen LogP contribution is 2.26. The summed E-state index contributed by atoms with van der Waals surface area (Å²) in [6, 6.07) is 18.0. The van der Waals surface area contributed by atoms with E-state index in [4.69, 9.17) is 4.74 Å². The van der Waals surface area contributed by atoms with Crippen molar-refractivity contribution in [2.24, 2.45) is 0 Å². The highest BCUT2D eigenvalue weighted by Gasteiger charge is 2.17. The molecule has 0 radical (unpaired) electrons. The standard InChI is InChI=1S/C25H27N5O2/c1-17-13-19-15-22(5-6-23(19)27-17)32-24-7-10-26-25(29-24)28-20-4-2-3-18(14-20)16-30-11-8-21(31)9-12-30/h2-7,10,13-15,21,27,31H,8-9,11-12,16H2,1H3,(H,26,28,29). The number of aromatic nitrogens is 3. The van der Waals surface area contributed by atoms with Crippen molar-refractivity contribution in [3.63, 3.8) is 0 Å². The molecule has 0 aliphatic carbocycles. The predicted molar refractivity (Wildman–Crippen MR) is 125 cm³/mol. The van der Waals surface area contributed by atoms with Gasteiger partial charge in [-0.3, -0.25) is 4.90 Å². The number of hydrogen-bond donors (Lipinski definition) is 3. The number of piperidine rings is 1. The molecule has 0 atom stereocenters. The number of anilines is 2. The summed E-state index contributed by atoms with van der Waals surface area (Å²) in [4.78, 5) is 14.5. The SMILES string of the molecule is Cc1cc2cc(Oc3ccnc(Nc4cccc(CN5CCC(O)CC5)c4)n3)ccc2[nH]1. The summed E-state index contributed by atoms with van der Waals surface area (Å²) >= 11 is 0. The van der Waals surface area contributed by atoms with Crippen LogP contribution in [0.15, 0.2) is 60.8 Å². The summed E-state index contributed by atoms with van der Waals surface area (Å²) < 4.78 is 5.97. The van der Waals surface area contributed by atoms with Crippen LogP contribution in [0, 0.1) is 6.92 Å². The summed E-state index contributed by atoms with van der Waals surface area (Å²) in [6.07, 6.45) is 3.22. The molecule has 164 valence electrons. The summed E-state index contributed by atoms with van der Waals surface area (Å²) in [5.74, 6) is 1.70. The molecule has 4 aromatic rings. The van der Waals surface area contributed by atoms with E-state index in [1.165, 1.54) is 5.56 Å². The number of fused-ring (bicyclic) bond motifs is 1. The van der Waals surface area contributed by atoms with Crippen molar-refractivity contribution in [1.29, 1.82) is 0 Å². The summed E-state index contributed by atoms with van der Waals surface area (Å²) in [5.41, 5.74) is 4.35. The first kappa shape index (κ1) is 20.5. The first-order valence-corrected chi connectivity index (χ1v) is 11.0. The van der Waals surface area contributed by atoms with Crippen LogP contribution in [0.1, 0.15) is 24.1 Å². The summed E-state index contributed by atoms with van der Waals surface area (Å²) in [5, 5.41) is 14.1. The molecule has 0 bridgehead atoms. The maximum absolute atomic E-state index is 9.70. The smallest absolute Gasteiger partial charge is 0.230 e. The van der Waals surface area contributed by atoms with E-state index >= 15 is 0 Å². The second-order valence-electron chi connectivity index (χ2n) is 8.35. The maximum Gasteiger partial charge on any atom is 0.230 e.